The lowest BCUT2D eigenvalue weighted by Gasteiger charge is -2.11. The number of aryl methyl sites for hydroxylation is 1. The van der Waals surface area contributed by atoms with Crippen molar-refractivity contribution < 1.29 is 4.79 Å². The zero-order chi connectivity index (χ0) is 11.5. The Labute approximate surface area is 99.0 Å². The largest absolute Gasteiger partial charge is 0.384 e. The molecule has 1 amide bonds. The van der Waals surface area contributed by atoms with Gasteiger partial charge in [-0.3, -0.25) is 4.79 Å². The number of rotatable bonds is 2. The van der Waals surface area contributed by atoms with Gasteiger partial charge in [0, 0.05) is 23.1 Å². The number of carbonyl (C=O) groups is 1. The number of anilines is 1. The highest BCUT2D eigenvalue weighted by Gasteiger charge is 2.18. The molecule has 1 aromatic heterocycles. The van der Waals surface area contributed by atoms with Crippen molar-refractivity contribution in [2.45, 2.75) is 19.4 Å². The molecular weight excluding hydrogens is 222 g/mol. The fraction of sp³-hybridized carbons (Fsp3) is 0.455. The summed E-state index contributed by atoms with van der Waals surface area (Å²) in [5.41, 5.74) is 6.98. The van der Waals surface area contributed by atoms with Crippen LogP contribution in [0.5, 0.6) is 0 Å². The summed E-state index contributed by atoms with van der Waals surface area (Å²) in [7, 11) is 0. The maximum atomic E-state index is 11.9. The summed E-state index contributed by atoms with van der Waals surface area (Å²) in [4.78, 5) is 15.9. The first-order chi connectivity index (χ1) is 7.65. The average molecular weight is 237 g/mol. The SMILES string of the molecule is Cc1cc(C(=O)NC2CCSC2)cc(N)n1. The molecule has 1 fully saturated rings. The molecule has 4 nitrogen and oxygen atoms in total. The molecule has 2 rings (SSSR count). The lowest BCUT2D eigenvalue weighted by molar-refractivity contribution is 0.0941. The van der Waals surface area contributed by atoms with Crippen molar-refractivity contribution >= 4 is 23.5 Å². The van der Waals surface area contributed by atoms with E-state index in [1.54, 1.807) is 12.1 Å². The Balaban J connectivity index is 2.07. The predicted molar refractivity (Wildman–Crippen MR) is 66.6 cm³/mol. The third kappa shape index (κ3) is 2.66. The molecule has 1 atom stereocenters. The van der Waals surface area contributed by atoms with E-state index >= 15 is 0 Å². The summed E-state index contributed by atoms with van der Waals surface area (Å²) in [6.45, 7) is 1.83. The summed E-state index contributed by atoms with van der Waals surface area (Å²) in [6.07, 6.45) is 1.05. The van der Waals surface area contributed by atoms with Gasteiger partial charge in [0.05, 0.1) is 0 Å². The molecule has 0 spiro atoms. The van der Waals surface area contributed by atoms with Crippen molar-refractivity contribution in [2.24, 2.45) is 0 Å². The third-order valence-corrected chi connectivity index (χ3v) is 3.66. The van der Waals surface area contributed by atoms with E-state index < -0.39 is 0 Å². The van der Waals surface area contributed by atoms with Crippen LogP contribution in [-0.4, -0.2) is 28.4 Å². The fourth-order valence-corrected chi connectivity index (χ4v) is 2.89. The Bertz CT molecular complexity index is 382. The van der Waals surface area contributed by atoms with E-state index in [0.29, 0.717) is 17.4 Å². The number of aromatic nitrogens is 1. The normalized spacial score (nSPS) is 19.7. The fourth-order valence-electron chi connectivity index (χ4n) is 1.74. The average Bonchev–Trinajstić information content (AvgIpc) is 2.68. The molecule has 0 radical (unpaired) electrons. The number of thioether (sulfide) groups is 1. The minimum absolute atomic E-state index is 0.0512. The number of carbonyl (C=O) groups excluding carboxylic acids is 1. The van der Waals surface area contributed by atoms with E-state index in [2.05, 4.69) is 10.3 Å². The van der Waals surface area contributed by atoms with Crippen LogP contribution in [0, 0.1) is 6.92 Å². The minimum atomic E-state index is -0.0512. The Kier molecular flexibility index (Phi) is 3.33. The Morgan fingerprint density at radius 1 is 1.62 bits per heavy atom. The van der Waals surface area contributed by atoms with Gasteiger partial charge < -0.3 is 11.1 Å². The Hall–Kier alpha value is -1.23. The van der Waals surface area contributed by atoms with Crippen LogP contribution in [0.3, 0.4) is 0 Å². The number of pyridine rings is 1. The molecule has 0 aromatic carbocycles. The van der Waals surface area contributed by atoms with Gasteiger partial charge in [0.1, 0.15) is 5.82 Å². The molecule has 1 aromatic rings. The molecule has 86 valence electrons. The van der Waals surface area contributed by atoms with Crippen molar-refractivity contribution in [1.29, 1.82) is 0 Å². The molecule has 0 bridgehead atoms. The van der Waals surface area contributed by atoms with Crippen LogP contribution in [-0.2, 0) is 0 Å². The highest BCUT2D eigenvalue weighted by molar-refractivity contribution is 7.99. The van der Waals surface area contributed by atoms with Crippen molar-refractivity contribution in [3.05, 3.63) is 23.4 Å². The summed E-state index contributed by atoms with van der Waals surface area (Å²) in [6, 6.07) is 3.67. The maximum absolute atomic E-state index is 11.9. The molecule has 1 aliphatic heterocycles. The number of amides is 1. The van der Waals surface area contributed by atoms with Gasteiger partial charge in [-0.2, -0.15) is 11.8 Å². The summed E-state index contributed by atoms with van der Waals surface area (Å²) in [5.74, 6) is 2.48. The van der Waals surface area contributed by atoms with E-state index in [1.807, 2.05) is 18.7 Å². The van der Waals surface area contributed by atoms with Gasteiger partial charge in [-0.15, -0.1) is 0 Å². The molecule has 16 heavy (non-hydrogen) atoms. The number of nitrogens with one attached hydrogen (secondary N) is 1. The maximum Gasteiger partial charge on any atom is 0.251 e. The highest BCUT2D eigenvalue weighted by Crippen LogP contribution is 2.17. The molecule has 1 unspecified atom stereocenters. The van der Waals surface area contributed by atoms with Gasteiger partial charge in [-0.05, 0) is 31.2 Å². The van der Waals surface area contributed by atoms with Crippen LogP contribution in [0.2, 0.25) is 0 Å². The van der Waals surface area contributed by atoms with Crippen LogP contribution in [0.15, 0.2) is 12.1 Å². The molecule has 5 heteroatoms. The summed E-state index contributed by atoms with van der Waals surface area (Å²) in [5, 5.41) is 3.01. The minimum Gasteiger partial charge on any atom is -0.384 e. The van der Waals surface area contributed by atoms with Crippen LogP contribution in [0.25, 0.3) is 0 Å². The lowest BCUT2D eigenvalue weighted by atomic mass is 10.2. The van der Waals surface area contributed by atoms with Crippen molar-refractivity contribution in [3.8, 4) is 0 Å². The van der Waals surface area contributed by atoms with Crippen LogP contribution < -0.4 is 11.1 Å². The first-order valence-corrected chi connectivity index (χ1v) is 6.43. The summed E-state index contributed by atoms with van der Waals surface area (Å²) >= 11 is 1.87. The van der Waals surface area contributed by atoms with E-state index in [-0.39, 0.29) is 5.91 Å². The van der Waals surface area contributed by atoms with Crippen molar-refractivity contribution in [3.63, 3.8) is 0 Å². The molecule has 2 heterocycles. The summed E-state index contributed by atoms with van der Waals surface area (Å²) < 4.78 is 0. The number of nitrogens with zero attached hydrogens (tertiary/aromatic N) is 1. The number of hydrogen-bond donors (Lipinski definition) is 2. The topological polar surface area (TPSA) is 68.0 Å². The predicted octanol–water partition coefficient (Wildman–Crippen LogP) is 1.21. The number of nitrogens with two attached hydrogens (primary N) is 1. The molecule has 1 saturated heterocycles. The van der Waals surface area contributed by atoms with Crippen LogP contribution in [0.1, 0.15) is 22.5 Å². The molecule has 0 saturated carbocycles. The van der Waals surface area contributed by atoms with E-state index in [1.165, 1.54) is 0 Å². The number of hydrogen-bond acceptors (Lipinski definition) is 4. The van der Waals surface area contributed by atoms with Crippen LogP contribution in [0.4, 0.5) is 5.82 Å². The zero-order valence-corrected chi connectivity index (χ0v) is 10.0. The monoisotopic (exact) mass is 237 g/mol. The van der Waals surface area contributed by atoms with E-state index in [4.69, 9.17) is 5.73 Å². The second kappa shape index (κ2) is 4.74. The van der Waals surface area contributed by atoms with Gasteiger partial charge in [0.15, 0.2) is 0 Å². The molecule has 0 aliphatic carbocycles. The quantitative estimate of drug-likeness (QED) is 0.811. The van der Waals surface area contributed by atoms with Gasteiger partial charge in [0.25, 0.3) is 5.91 Å². The lowest BCUT2D eigenvalue weighted by Crippen LogP contribution is -2.34. The van der Waals surface area contributed by atoms with Gasteiger partial charge >= 0.3 is 0 Å². The van der Waals surface area contributed by atoms with Crippen molar-refractivity contribution in [2.75, 3.05) is 17.2 Å². The first kappa shape index (κ1) is 11.3. The third-order valence-electron chi connectivity index (χ3n) is 2.50. The van der Waals surface area contributed by atoms with Crippen LogP contribution >= 0.6 is 11.8 Å². The molecule has 1 aliphatic rings. The second-order valence-corrected chi connectivity index (χ2v) is 5.11. The molecular formula is C11H15N3OS. The Morgan fingerprint density at radius 3 is 3.06 bits per heavy atom. The van der Waals surface area contributed by atoms with E-state index in [9.17, 15) is 4.79 Å². The first-order valence-electron chi connectivity index (χ1n) is 5.28. The number of nitrogen functional groups attached to an aromatic ring is 1. The zero-order valence-electron chi connectivity index (χ0n) is 9.19. The second-order valence-electron chi connectivity index (χ2n) is 3.96. The smallest absolute Gasteiger partial charge is 0.251 e. The standard InChI is InChI=1S/C11H15N3OS/c1-7-4-8(5-10(12)13-7)11(15)14-9-2-3-16-6-9/h4-5,9H,2-3,6H2,1H3,(H2,12,13)(H,14,15). The molecule has 3 N–H and O–H groups in total. The van der Waals surface area contributed by atoms with Gasteiger partial charge in [-0.1, -0.05) is 0 Å². The highest BCUT2D eigenvalue weighted by atomic mass is 32.2. The van der Waals surface area contributed by atoms with Gasteiger partial charge in [0.2, 0.25) is 0 Å². The van der Waals surface area contributed by atoms with Gasteiger partial charge in [-0.25, -0.2) is 4.98 Å². The Morgan fingerprint density at radius 2 is 2.44 bits per heavy atom. The van der Waals surface area contributed by atoms with Crippen molar-refractivity contribution in [1.82, 2.24) is 10.3 Å². The van der Waals surface area contributed by atoms with E-state index in [0.717, 1.165) is 23.6 Å².